The first-order chi connectivity index (χ1) is 19.6. The molecule has 3 aromatic carbocycles. The summed E-state index contributed by atoms with van der Waals surface area (Å²) in [5.74, 6) is 2.61. The highest BCUT2D eigenvalue weighted by atomic mass is 16.5. The molecule has 0 aliphatic heterocycles. The Morgan fingerprint density at radius 2 is 1.25 bits per heavy atom. The lowest BCUT2D eigenvalue weighted by Crippen LogP contribution is -2.07. The molecule has 40 heavy (non-hydrogen) atoms. The predicted molar refractivity (Wildman–Crippen MR) is 153 cm³/mol. The lowest BCUT2D eigenvalue weighted by molar-refractivity contribution is 0.0878. The van der Waals surface area contributed by atoms with Crippen LogP contribution in [0.15, 0.2) is 124 Å². The molecule has 0 bridgehead atoms. The number of carbonyl (C=O) groups is 2. The molecule has 0 amide bonds. The normalized spacial score (nSPS) is 11.2. The van der Waals surface area contributed by atoms with Gasteiger partial charge in [-0.2, -0.15) is 0 Å². The Hall–Kier alpha value is -4.84. The van der Waals surface area contributed by atoms with E-state index >= 15 is 0 Å². The van der Waals surface area contributed by atoms with E-state index in [2.05, 4.69) is 42.5 Å². The highest BCUT2D eigenvalue weighted by Gasteiger charge is 2.16. The average molecular weight is 537 g/mol. The van der Waals surface area contributed by atoms with Crippen LogP contribution in [0.4, 0.5) is 0 Å². The first kappa shape index (κ1) is 28.2. The van der Waals surface area contributed by atoms with E-state index in [1.165, 1.54) is 17.4 Å². The molecule has 0 saturated carbocycles. The highest BCUT2D eigenvalue weighted by molar-refractivity contribution is 6.12. The lowest BCUT2D eigenvalue weighted by Gasteiger charge is -2.18. The summed E-state index contributed by atoms with van der Waals surface area (Å²) < 4.78 is 20.7. The van der Waals surface area contributed by atoms with E-state index in [1.807, 2.05) is 24.3 Å². The maximum atomic E-state index is 11.8. The van der Waals surface area contributed by atoms with Crippen LogP contribution in [0, 0.1) is 0 Å². The zero-order valence-corrected chi connectivity index (χ0v) is 22.6. The molecule has 0 aliphatic carbocycles. The van der Waals surface area contributed by atoms with Crippen molar-refractivity contribution in [1.82, 2.24) is 0 Å². The second kappa shape index (κ2) is 14.4. The Morgan fingerprint density at radius 3 is 1.82 bits per heavy atom. The molecular formula is C34H32O6. The molecule has 6 nitrogen and oxygen atoms in total. The summed E-state index contributed by atoms with van der Waals surface area (Å²) in [7, 11) is 3.25. The van der Waals surface area contributed by atoms with Gasteiger partial charge in [-0.15, -0.1) is 0 Å². The predicted octanol–water partition coefficient (Wildman–Crippen LogP) is 7.80. The molecule has 5 rings (SSSR count). The summed E-state index contributed by atoms with van der Waals surface area (Å²) in [6.45, 7) is 0. The summed E-state index contributed by atoms with van der Waals surface area (Å²) in [5.41, 5.74) is 3.12. The number of aryl methyl sites for hydroxylation is 1. The van der Waals surface area contributed by atoms with Gasteiger partial charge in [0.1, 0.15) is 17.3 Å². The second-order valence-corrected chi connectivity index (χ2v) is 9.08. The van der Waals surface area contributed by atoms with E-state index in [-0.39, 0.29) is 23.7 Å². The number of benzene rings is 3. The van der Waals surface area contributed by atoms with E-state index in [4.69, 9.17) is 18.3 Å². The minimum absolute atomic E-state index is 0.195. The Balaban J connectivity index is 0.000000189. The van der Waals surface area contributed by atoms with Crippen LogP contribution < -0.4 is 9.47 Å². The third kappa shape index (κ3) is 7.84. The summed E-state index contributed by atoms with van der Waals surface area (Å²) in [4.78, 5) is 23.5. The molecule has 0 saturated heterocycles. The molecular weight excluding hydrogens is 504 g/mol. The monoisotopic (exact) mass is 536 g/mol. The Kier molecular flexibility index (Phi) is 10.1. The van der Waals surface area contributed by atoms with Crippen molar-refractivity contribution in [3.63, 3.8) is 0 Å². The van der Waals surface area contributed by atoms with Crippen molar-refractivity contribution in [2.75, 3.05) is 14.2 Å². The quantitative estimate of drug-likeness (QED) is 0.127. The van der Waals surface area contributed by atoms with Crippen molar-refractivity contribution >= 4 is 11.6 Å². The lowest BCUT2D eigenvalue weighted by atomic mass is 9.87. The SMILES string of the molecule is COc1ccc(C(=O)CC(=O)c2ccco2)cc1.COc1ccc(C(CCc2ccco2)c2ccccc2)cc1. The van der Waals surface area contributed by atoms with Gasteiger partial charge in [-0.05, 0) is 78.2 Å². The van der Waals surface area contributed by atoms with E-state index in [1.54, 1.807) is 56.9 Å². The van der Waals surface area contributed by atoms with Crippen LogP contribution in [-0.4, -0.2) is 25.8 Å². The third-order valence-corrected chi connectivity index (χ3v) is 6.51. The molecule has 0 N–H and O–H groups in total. The first-order valence-electron chi connectivity index (χ1n) is 13.0. The Labute approximate surface area is 234 Å². The number of Topliss-reactive ketones (excluding diaryl/α,β-unsaturated/α-hetero) is 2. The van der Waals surface area contributed by atoms with E-state index in [0.29, 0.717) is 17.2 Å². The van der Waals surface area contributed by atoms with Crippen LogP contribution in [0.2, 0.25) is 0 Å². The molecule has 6 heteroatoms. The first-order valence-corrected chi connectivity index (χ1v) is 13.0. The number of hydrogen-bond donors (Lipinski definition) is 0. The molecule has 0 fully saturated rings. The summed E-state index contributed by atoms with van der Waals surface area (Å²) >= 11 is 0. The van der Waals surface area contributed by atoms with Gasteiger partial charge < -0.3 is 18.3 Å². The van der Waals surface area contributed by atoms with Crippen LogP contribution in [0.25, 0.3) is 0 Å². The fourth-order valence-corrected chi connectivity index (χ4v) is 4.34. The summed E-state index contributed by atoms with van der Waals surface area (Å²) in [5, 5.41) is 0. The maximum absolute atomic E-state index is 11.8. The number of ketones is 2. The van der Waals surface area contributed by atoms with Gasteiger partial charge in [-0.1, -0.05) is 42.5 Å². The largest absolute Gasteiger partial charge is 0.497 e. The molecule has 0 aliphatic rings. The van der Waals surface area contributed by atoms with Crippen LogP contribution in [0.1, 0.15) is 56.6 Å². The van der Waals surface area contributed by atoms with Crippen molar-refractivity contribution in [1.29, 1.82) is 0 Å². The number of hydrogen-bond acceptors (Lipinski definition) is 6. The number of carbonyl (C=O) groups excluding carboxylic acids is 2. The molecule has 2 heterocycles. The second-order valence-electron chi connectivity index (χ2n) is 9.08. The molecule has 2 aromatic heterocycles. The summed E-state index contributed by atoms with van der Waals surface area (Å²) in [6.07, 6.45) is 4.90. The fourth-order valence-electron chi connectivity index (χ4n) is 4.34. The smallest absolute Gasteiger partial charge is 0.205 e. The van der Waals surface area contributed by atoms with Crippen molar-refractivity contribution in [3.05, 3.63) is 144 Å². The molecule has 0 spiro atoms. The number of methoxy groups -OCH3 is 2. The van der Waals surface area contributed by atoms with Crippen molar-refractivity contribution < 1.29 is 27.9 Å². The Bertz CT molecular complexity index is 1440. The van der Waals surface area contributed by atoms with Crippen LogP contribution >= 0.6 is 0 Å². The van der Waals surface area contributed by atoms with Crippen molar-refractivity contribution in [2.45, 2.75) is 25.2 Å². The van der Waals surface area contributed by atoms with E-state index in [0.717, 1.165) is 24.4 Å². The zero-order valence-electron chi connectivity index (χ0n) is 22.6. The Morgan fingerprint density at radius 1 is 0.650 bits per heavy atom. The van der Waals surface area contributed by atoms with Gasteiger partial charge >= 0.3 is 0 Å². The minimum Gasteiger partial charge on any atom is -0.497 e. The molecule has 0 radical (unpaired) electrons. The van der Waals surface area contributed by atoms with E-state index < -0.39 is 0 Å². The fraction of sp³-hybridized carbons (Fsp3) is 0.176. The van der Waals surface area contributed by atoms with Gasteiger partial charge in [0.05, 0.1) is 33.2 Å². The number of rotatable bonds is 11. The van der Waals surface area contributed by atoms with Gasteiger partial charge in [-0.3, -0.25) is 9.59 Å². The van der Waals surface area contributed by atoms with Crippen molar-refractivity contribution in [2.24, 2.45) is 0 Å². The molecule has 1 unspecified atom stereocenters. The maximum Gasteiger partial charge on any atom is 0.205 e. The third-order valence-electron chi connectivity index (χ3n) is 6.51. The van der Waals surface area contributed by atoms with Crippen LogP contribution in [0.5, 0.6) is 11.5 Å². The zero-order chi connectivity index (χ0) is 28.2. The summed E-state index contributed by atoms with van der Waals surface area (Å²) in [6, 6.07) is 32.8. The average Bonchev–Trinajstić information content (AvgIpc) is 3.74. The topological polar surface area (TPSA) is 78.9 Å². The van der Waals surface area contributed by atoms with Gasteiger partial charge in [0, 0.05) is 17.9 Å². The van der Waals surface area contributed by atoms with Crippen LogP contribution in [0.3, 0.4) is 0 Å². The van der Waals surface area contributed by atoms with Gasteiger partial charge in [0.25, 0.3) is 0 Å². The highest BCUT2D eigenvalue weighted by Crippen LogP contribution is 2.30. The van der Waals surface area contributed by atoms with E-state index in [9.17, 15) is 9.59 Å². The number of ether oxygens (including phenoxy) is 2. The van der Waals surface area contributed by atoms with Crippen LogP contribution in [-0.2, 0) is 6.42 Å². The number of furan rings is 2. The standard InChI is InChI=1S/C20H20O2.C14H12O4/c1-21-18-11-9-17(10-12-18)20(16-6-3-2-4-7-16)14-13-19-8-5-15-22-19;1-17-11-6-4-10(5-7-11)12(15)9-13(16)14-3-2-8-18-14/h2-12,15,20H,13-14H2,1H3;2-8H,9H2,1H3. The van der Waals surface area contributed by atoms with Gasteiger partial charge in [0.15, 0.2) is 11.5 Å². The minimum atomic E-state index is -0.319. The van der Waals surface area contributed by atoms with Gasteiger partial charge in [0.2, 0.25) is 5.78 Å². The van der Waals surface area contributed by atoms with Gasteiger partial charge in [-0.25, -0.2) is 0 Å². The molecule has 204 valence electrons. The molecule has 5 aromatic rings. The molecule has 1 atom stereocenters. The van der Waals surface area contributed by atoms with Crippen molar-refractivity contribution in [3.8, 4) is 11.5 Å².